The van der Waals surface area contributed by atoms with Crippen molar-refractivity contribution in [1.29, 1.82) is 0 Å². The van der Waals surface area contributed by atoms with Crippen molar-refractivity contribution < 1.29 is 0 Å². The molecular formula is C12H15N3S. The van der Waals surface area contributed by atoms with Gasteiger partial charge in [-0.1, -0.05) is 6.07 Å². The summed E-state index contributed by atoms with van der Waals surface area (Å²) >= 11 is 1.79. The minimum Gasteiger partial charge on any atom is -0.398 e. The minimum atomic E-state index is 0.862. The van der Waals surface area contributed by atoms with Crippen LogP contribution in [0.2, 0.25) is 0 Å². The van der Waals surface area contributed by atoms with E-state index in [1.165, 1.54) is 10.5 Å². The molecule has 0 saturated heterocycles. The van der Waals surface area contributed by atoms with Crippen molar-refractivity contribution in [3.05, 3.63) is 42.5 Å². The molecule has 2 N–H and O–H groups in total. The summed E-state index contributed by atoms with van der Waals surface area (Å²) in [5, 5.41) is 0. The Hall–Kier alpha value is -1.42. The third kappa shape index (κ3) is 2.79. The second kappa shape index (κ2) is 5.07. The van der Waals surface area contributed by atoms with Gasteiger partial charge in [-0.2, -0.15) is 0 Å². The molecule has 0 bridgehead atoms. The molecule has 1 heterocycles. The topological polar surface area (TPSA) is 43.8 Å². The first-order valence-electron chi connectivity index (χ1n) is 5.20. The number of benzene rings is 1. The highest BCUT2D eigenvalue weighted by molar-refractivity contribution is 7.99. The van der Waals surface area contributed by atoms with Crippen molar-refractivity contribution in [2.75, 3.05) is 11.5 Å². The van der Waals surface area contributed by atoms with Crippen LogP contribution in [0.15, 0.2) is 41.8 Å². The van der Waals surface area contributed by atoms with Crippen LogP contribution in [0.5, 0.6) is 0 Å². The van der Waals surface area contributed by atoms with Crippen LogP contribution in [-0.2, 0) is 6.54 Å². The van der Waals surface area contributed by atoms with Gasteiger partial charge in [0.1, 0.15) is 0 Å². The second-order valence-corrected chi connectivity index (χ2v) is 4.83. The lowest BCUT2D eigenvalue weighted by Gasteiger charge is -2.06. The van der Waals surface area contributed by atoms with Gasteiger partial charge < -0.3 is 10.3 Å². The zero-order valence-corrected chi connectivity index (χ0v) is 10.1. The molecule has 3 nitrogen and oxygen atoms in total. The fourth-order valence-corrected chi connectivity index (χ4v) is 2.47. The van der Waals surface area contributed by atoms with Crippen LogP contribution in [0.25, 0.3) is 0 Å². The van der Waals surface area contributed by atoms with E-state index >= 15 is 0 Å². The number of nitrogens with zero attached hydrogens (tertiary/aromatic N) is 2. The molecule has 2 aromatic rings. The summed E-state index contributed by atoms with van der Waals surface area (Å²) in [7, 11) is 0. The van der Waals surface area contributed by atoms with E-state index in [0.29, 0.717) is 0 Å². The Kier molecular flexibility index (Phi) is 3.51. The molecular weight excluding hydrogens is 218 g/mol. The zero-order valence-electron chi connectivity index (χ0n) is 9.26. The SMILES string of the molecule is Cc1ccc(N)c(SCCn2ccnc2)c1. The van der Waals surface area contributed by atoms with Crippen LogP contribution in [0.4, 0.5) is 5.69 Å². The molecule has 1 aromatic heterocycles. The summed E-state index contributed by atoms with van der Waals surface area (Å²) in [6.45, 7) is 3.04. The Morgan fingerprint density at radius 1 is 1.44 bits per heavy atom. The van der Waals surface area contributed by atoms with Gasteiger partial charge in [0, 0.05) is 35.3 Å². The van der Waals surface area contributed by atoms with Crippen molar-refractivity contribution in [3.8, 4) is 0 Å². The number of hydrogen-bond acceptors (Lipinski definition) is 3. The number of anilines is 1. The molecule has 0 amide bonds. The fourth-order valence-electron chi connectivity index (χ4n) is 1.45. The lowest BCUT2D eigenvalue weighted by atomic mass is 10.2. The van der Waals surface area contributed by atoms with Crippen LogP contribution in [-0.4, -0.2) is 15.3 Å². The van der Waals surface area contributed by atoms with Crippen LogP contribution < -0.4 is 5.73 Å². The van der Waals surface area contributed by atoms with Gasteiger partial charge in [-0.3, -0.25) is 0 Å². The minimum absolute atomic E-state index is 0.862. The van der Waals surface area contributed by atoms with Crippen molar-refractivity contribution in [2.24, 2.45) is 0 Å². The van der Waals surface area contributed by atoms with Crippen molar-refractivity contribution in [3.63, 3.8) is 0 Å². The van der Waals surface area contributed by atoms with Gasteiger partial charge in [-0.05, 0) is 24.6 Å². The number of imidazole rings is 1. The Morgan fingerprint density at radius 2 is 2.31 bits per heavy atom. The van der Waals surface area contributed by atoms with Gasteiger partial charge in [0.05, 0.1) is 6.33 Å². The Morgan fingerprint density at radius 3 is 3.06 bits per heavy atom. The van der Waals surface area contributed by atoms with Crippen LogP contribution in [0, 0.1) is 6.92 Å². The molecule has 16 heavy (non-hydrogen) atoms. The number of rotatable bonds is 4. The number of aromatic nitrogens is 2. The first kappa shape index (κ1) is 11.1. The zero-order chi connectivity index (χ0) is 11.4. The first-order chi connectivity index (χ1) is 7.75. The monoisotopic (exact) mass is 233 g/mol. The number of nitrogens with two attached hydrogens (primary N) is 1. The van der Waals surface area contributed by atoms with E-state index in [2.05, 4.69) is 22.5 Å². The Labute approximate surface area is 99.7 Å². The van der Waals surface area contributed by atoms with E-state index in [9.17, 15) is 0 Å². The number of nitrogen functional groups attached to an aromatic ring is 1. The maximum Gasteiger partial charge on any atom is 0.0946 e. The first-order valence-corrected chi connectivity index (χ1v) is 6.19. The van der Waals surface area contributed by atoms with E-state index in [4.69, 9.17) is 5.73 Å². The second-order valence-electron chi connectivity index (χ2n) is 3.69. The molecule has 0 aliphatic rings. The highest BCUT2D eigenvalue weighted by atomic mass is 32.2. The molecule has 1 aromatic carbocycles. The number of thioether (sulfide) groups is 1. The molecule has 0 fully saturated rings. The standard InChI is InChI=1S/C12H15N3S/c1-10-2-3-11(13)12(8-10)16-7-6-15-5-4-14-9-15/h2-5,8-9H,6-7,13H2,1H3. The molecule has 0 saturated carbocycles. The average molecular weight is 233 g/mol. The van der Waals surface area contributed by atoms with Crippen LogP contribution in [0.1, 0.15) is 5.56 Å². The highest BCUT2D eigenvalue weighted by Crippen LogP contribution is 2.25. The quantitative estimate of drug-likeness (QED) is 0.652. The molecule has 0 aliphatic heterocycles. The lowest BCUT2D eigenvalue weighted by Crippen LogP contribution is -1.97. The Bertz CT molecular complexity index is 451. The van der Waals surface area contributed by atoms with Gasteiger partial charge in [0.2, 0.25) is 0 Å². The van der Waals surface area contributed by atoms with Crippen LogP contribution in [0.3, 0.4) is 0 Å². The largest absolute Gasteiger partial charge is 0.398 e. The summed E-state index contributed by atoms with van der Waals surface area (Å²) in [5.74, 6) is 1.00. The van der Waals surface area contributed by atoms with E-state index in [-0.39, 0.29) is 0 Å². The van der Waals surface area contributed by atoms with Crippen molar-refractivity contribution in [2.45, 2.75) is 18.4 Å². The van der Waals surface area contributed by atoms with E-state index < -0.39 is 0 Å². The van der Waals surface area contributed by atoms with Gasteiger partial charge in [-0.15, -0.1) is 11.8 Å². The summed E-state index contributed by atoms with van der Waals surface area (Å²) in [4.78, 5) is 5.18. The van der Waals surface area contributed by atoms with Gasteiger partial charge in [-0.25, -0.2) is 4.98 Å². The molecule has 84 valence electrons. The summed E-state index contributed by atoms with van der Waals surface area (Å²) in [5.41, 5.74) is 8.02. The smallest absolute Gasteiger partial charge is 0.0946 e. The Balaban J connectivity index is 1.92. The van der Waals surface area contributed by atoms with E-state index in [1.807, 2.05) is 24.7 Å². The van der Waals surface area contributed by atoms with Gasteiger partial charge in [0.15, 0.2) is 0 Å². The van der Waals surface area contributed by atoms with Crippen molar-refractivity contribution >= 4 is 17.4 Å². The van der Waals surface area contributed by atoms with Gasteiger partial charge >= 0.3 is 0 Å². The summed E-state index contributed by atoms with van der Waals surface area (Å²) in [6.07, 6.45) is 5.60. The molecule has 0 radical (unpaired) electrons. The predicted octanol–water partition coefficient (Wildman–Crippen LogP) is 2.57. The maximum atomic E-state index is 5.91. The normalized spacial score (nSPS) is 10.6. The van der Waals surface area contributed by atoms with E-state index in [1.54, 1.807) is 18.0 Å². The van der Waals surface area contributed by atoms with Gasteiger partial charge in [0.25, 0.3) is 0 Å². The highest BCUT2D eigenvalue weighted by Gasteiger charge is 2.00. The average Bonchev–Trinajstić information content (AvgIpc) is 2.76. The molecule has 0 spiro atoms. The third-order valence-corrected chi connectivity index (χ3v) is 3.39. The molecule has 0 aliphatic carbocycles. The maximum absolute atomic E-state index is 5.91. The molecule has 0 atom stereocenters. The summed E-state index contributed by atoms with van der Waals surface area (Å²) in [6, 6.07) is 6.14. The number of aryl methyl sites for hydroxylation is 2. The van der Waals surface area contributed by atoms with Crippen LogP contribution >= 0.6 is 11.8 Å². The molecule has 0 unspecified atom stereocenters. The molecule has 4 heteroatoms. The fraction of sp³-hybridized carbons (Fsp3) is 0.250. The third-order valence-electron chi connectivity index (χ3n) is 2.34. The summed E-state index contributed by atoms with van der Waals surface area (Å²) < 4.78 is 2.07. The van der Waals surface area contributed by atoms with E-state index in [0.717, 1.165) is 18.0 Å². The lowest BCUT2D eigenvalue weighted by molar-refractivity contribution is 0.770. The predicted molar refractivity (Wildman–Crippen MR) is 68.5 cm³/mol. The van der Waals surface area contributed by atoms with Crippen molar-refractivity contribution in [1.82, 2.24) is 9.55 Å². The number of hydrogen-bond donors (Lipinski definition) is 1. The molecule has 2 rings (SSSR count).